The van der Waals surface area contributed by atoms with Gasteiger partial charge in [0.25, 0.3) is 5.91 Å². The molecule has 26 heavy (non-hydrogen) atoms. The summed E-state index contributed by atoms with van der Waals surface area (Å²) in [6.07, 6.45) is 0.561. The van der Waals surface area contributed by atoms with Crippen molar-refractivity contribution in [3.05, 3.63) is 47.0 Å². The number of fused-ring (bicyclic) bond motifs is 1. The van der Waals surface area contributed by atoms with E-state index in [2.05, 4.69) is 20.7 Å². The van der Waals surface area contributed by atoms with Crippen LogP contribution in [-0.2, 0) is 26.4 Å². The number of alkyl halides is 3. The number of nitrogens with one attached hydrogen (secondary N) is 2. The molecule has 2 heterocycles. The Balaban J connectivity index is 1.69. The fraction of sp³-hybridized carbons (Fsp3) is 0.471. The number of aryl methyl sites for hydroxylation is 1. The van der Waals surface area contributed by atoms with Gasteiger partial charge < -0.3 is 10.6 Å². The lowest BCUT2D eigenvalue weighted by Gasteiger charge is -2.24. The van der Waals surface area contributed by atoms with Crippen molar-refractivity contribution >= 4 is 5.91 Å². The van der Waals surface area contributed by atoms with E-state index in [0.717, 1.165) is 16.8 Å². The second-order valence-electron chi connectivity index (χ2n) is 6.37. The summed E-state index contributed by atoms with van der Waals surface area (Å²) in [4.78, 5) is 16.4. The summed E-state index contributed by atoms with van der Waals surface area (Å²) >= 11 is 0. The summed E-state index contributed by atoms with van der Waals surface area (Å²) in [5, 5.41) is 9.63. The van der Waals surface area contributed by atoms with Gasteiger partial charge in [0.05, 0.1) is 6.54 Å². The van der Waals surface area contributed by atoms with Crippen molar-refractivity contribution in [3.63, 3.8) is 0 Å². The molecule has 9 heteroatoms. The maximum Gasteiger partial charge on any atom is 0.401 e. The number of nitrogens with zero attached hydrogens (tertiary/aromatic N) is 3. The molecule has 0 fully saturated rings. The van der Waals surface area contributed by atoms with Crippen LogP contribution < -0.4 is 10.6 Å². The molecule has 2 N–H and O–H groups in total. The normalized spacial score (nSPS) is 17.0. The van der Waals surface area contributed by atoms with E-state index in [1.807, 2.05) is 0 Å². The monoisotopic (exact) mass is 367 g/mol. The SMILES string of the molecule is Cn1nc(C(=O)NCc2ccncc2)c2c1CCC(NCC(F)(F)F)C2. The van der Waals surface area contributed by atoms with E-state index in [9.17, 15) is 18.0 Å². The van der Waals surface area contributed by atoms with Crippen molar-refractivity contribution < 1.29 is 18.0 Å². The molecule has 0 saturated carbocycles. The Hall–Kier alpha value is -2.42. The van der Waals surface area contributed by atoms with E-state index in [-0.39, 0.29) is 17.6 Å². The highest BCUT2D eigenvalue weighted by Gasteiger charge is 2.32. The number of aromatic nitrogens is 3. The molecule has 3 rings (SSSR count). The number of pyridine rings is 1. The average Bonchev–Trinajstić information content (AvgIpc) is 2.94. The molecule has 1 unspecified atom stereocenters. The lowest BCUT2D eigenvalue weighted by Crippen LogP contribution is -2.40. The molecule has 0 aliphatic heterocycles. The summed E-state index contributed by atoms with van der Waals surface area (Å²) in [6, 6.07) is 3.27. The largest absolute Gasteiger partial charge is 0.401 e. The Morgan fingerprint density at radius 2 is 2.08 bits per heavy atom. The number of rotatable bonds is 5. The van der Waals surface area contributed by atoms with Crippen molar-refractivity contribution in [2.75, 3.05) is 6.54 Å². The number of hydrogen-bond donors (Lipinski definition) is 2. The van der Waals surface area contributed by atoms with Gasteiger partial charge in [0, 0.05) is 43.3 Å². The molecular formula is C17H20F3N5O. The van der Waals surface area contributed by atoms with E-state index < -0.39 is 12.7 Å². The van der Waals surface area contributed by atoms with Gasteiger partial charge in [-0.05, 0) is 37.0 Å². The Morgan fingerprint density at radius 1 is 1.35 bits per heavy atom. The van der Waals surface area contributed by atoms with Crippen molar-refractivity contribution in [3.8, 4) is 0 Å². The van der Waals surface area contributed by atoms with Gasteiger partial charge in [0.1, 0.15) is 0 Å². The minimum atomic E-state index is -4.25. The fourth-order valence-electron chi connectivity index (χ4n) is 3.17. The molecule has 1 aliphatic rings. The quantitative estimate of drug-likeness (QED) is 0.845. The Labute approximate surface area is 148 Å². The molecule has 1 atom stereocenters. The highest BCUT2D eigenvalue weighted by molar-refractivity contribution is 5.94. The highest BCUT2D eigenvalue weighted by atomic mass is 19.4. The van der Waals surface area contributed by atoms with Gasteiger partial charge in [0.15, 0.2) is 5.69 Å². The van der Waals surface area contributed by atoms with Gasteiger partial charge in [-0.25, -0.2) is 0 Å². The van der Waals surface area contributed by atoms with E-state index in [1.54, 1.807) is 36.3 Å². The van der Waals surface area contributed by atoms with Crippen LogP contribution in [0.15, 0.2) is 24.5 Å². The average molecular weight is 367 g/mol. The van der Waals surface area contributed by atoms with Crippen LogP contribution in [0, 0.1) is 0 Å². The number of carbonyl (C=O) groups excluding carboxylic acids is 1. The van der Waals surface area contributed by atoms with Crippen LogP contribution in [0.3, 0.4) is 0 Å². The van der Waals surface area contributed by atoms with Crippen molar-refractivity contribution in [2.24, 2.45) is 7.05 Å². The molecule has 2 aromatic rings. The molecule has 0 radical (unpaired) electrons. The van der Waals surface area contributed by atoms with Crippen LogP contribution in [0.4, 0.5) is 13.2 Å². The van der Waals surface area contributed by atoms with Crippen LogP contribution in [0.25, 0.3) is 0 Å². The fourth-order valence-corrected chi connectivity index (χ4v) is 3.17. The van der Waals surface area contributed by atoms with Crippen molar-refractivity contribution in [2.45, 2.75) is 38.0 Å². The number of hydrogen-bond acceptors (Lipinski definition) is 4. The van der Waals surface area contributed by atoms with E-state index in [1.165, 1.54) is 0 Å². The minimum Gasteiger partial charge on any atom is -0.347 e. The van der Waals surface area contributed by atoms with Gasteiger partial charge >= 0.3 is 6.18 Å². The van der Waals surface area contributed by atoms with E-state index in [4.69, 9.17) is 0 Å². The summed E-state index contributed by atoms with van der Waals surface area (Å²) in [6.45, 7) is -0.695. The highest BCUT2D eigenvalue weighted by Crippen LogP contribution is 2.25. The summed E-state index contributed by atoms with van der Waals surface area (Å²) in [5.41, 5.74) is 2.83. The smallest absolute Gasteiger partial charge is 0.347 e. The zero-order valence-electron chi connectivity index (χ0n) is 14.3. The zero-order chi connectivity index (χ0) is 18.7. The predicted molar refractivity (Wildman–Crippen MR) is 88.5 cm³/mol. The van der Waals surface area contributed by atoms with Gasteiger partial charge in [-0.1, -0.05) is 0 Å². The summed E-state index contributed by atoms with van der Waals surface area (Å²) < 4.78 is 38.9. The molecule has 140 valence electrons. The predicted octanol–water partition coefficient (Wildman–Crippen LogP) is 1.75. The maximum absolute atomic E-state index is 12.5. The first-order valence-corrected chi connectivity index (χ1v) is 8.35. The second-order valence-corrected chi connectivity index (χ2v) is 6.37. The first kappa shape index (κ1) is 18.4. The molecule has 6 nitrogen and oxygen atoms in total. The van der Waals surface area contributed by atoms with Crippen LogP contribution in [-0.4, -0.2) is 39.4 Å². The Kier molecular flexibility index (Phi) is 5.26. The van der Waals surface area contributed by atoms with Crippen molar-refractivity contribution in [1.82, 2.24) is 25.4 Å². The first-order chi connectivity index (χ1) is 12.3. The molecule has 0 bridgehead atoms. The topological polar surface area (TPSA) is 71.8 Å². The van der Waals surface area contributed by atoms with Gasteiger partial charge in [-0.2, -0.15) is 18.3 Å². The molecule has 0 spiro atoms. The van der Waals surface area contributed by atoms with Crippen LogP contribution in [0.2, 0.25) is 0 Å². The van der Waals surface area contributed by atoms with Crippen LogP contribution >= 0.6 is 0 Å². The zero-order valence-corrected chi connectivity index (χ0v) is 14.3. The third-order valence-electron chi connectivity index (χ3n) is 4.46. The Morgan fingerprint density at radius 3 is 2.77 bits per heavy atom. The first-order valence-electron chi connectivity index (χ1n) is 8.35. The van der Waals surface area contributed by atoms with E-state index >= 15 is 0 Å². The number of amides is 1. The molecule has 1 amide bonds. The number of halogens is 3. The maximum atomic E-state index is 12.5. The van der Waals surface area contributed by atoms with E-state index in [0.29, 0.717) is 25.8 Å². The Bertz CT molecular complexity index is 773. The van der Waals surface area contributed by atoms with Gasteiger partial charge in [0.2, 0.25) is 0 Å². The standard InChI is InChI=1S/C17H20F3N5O/c1-25-14-3-2-12(23-10-17(18,19)20)8-13(14)15(24-25)16(26)22-9-11-4-6-21-7-5-11/h4-7,12,23H,2-3,8-10H2,1H3,(H,22,26). The van der Waals surface area contributed by atoms with Crippen molar-refractivity contribution in [1.29, 1.82) is 0 Å². The lowest BCUT2D eigenvalue weighted by atomic mass is 9.91. The molecule has 1 aliphatic carbocycles. The third kappa shape index (κ3) is 4.40. The molecule has 0 saturated heterocycles. The summed E-state index contributed by atoms with van der Waals surface area (Å²) in [7, 11) is 1.75. The van der Waals surface area contributed by atoms with Crippen LogP contribution in [0.1, 0.15) is 33.7 Å². The third-order valence-corrected chi connectivity index (χ3v) is 4.46. The van der Waals surface area contributed by atoms with Crippen LogP contribution in [0.5, 0.6) is 0 Å². The molecular weight excluding hydrogens is 347 g/mol. The minimum absolute atomic E-state index is 0.287. The van der Waals surface area contributed by atoms with Gasteiger partial charge in [-0.3, -0.25) is 14.5 Å². The number of carbonyl (C=O) groups is 1. The molecule has 0 aromatic carbocycles. The summed E-state index contributed by atoms with van der Waals surface area (Å²) in [5.74, 6) is -0.324. The lowest BCUT2D eigenvalue weighted by molar-refractivity contribution is -0.126. The van der Waals surface area contributed by atoms with Gasteiger partial charge in [-0.15, -0.1) is 0 Å². The molecule has 2 aromatic heterocycles. The second kappa shape index (κ2) is 7.45.